The van der Waals surface area contributed by atoms with Gasteiger partial charge in [-0.1, -0.05) is 15.9 Å². The fourth-order valence-corrected chi connectivity index (χ4v) is 0.318. The second-order valence-electron chi connectivity index (χ2n) is 1.36. The van der Waals surface area contributed by atoms with E-state index < -0.39 is 6.16 Å². The minimum absolute atomic E-state index is 0.0959. The third kappa shape index (κ3) is 5.75. The Balaban J connectivity index is 3.05. The van der Waals surface area contributed by atoms with Crippen molar-refractivity contribution in [3.8, 4) is 0 Å². The summed E-state index contributed by atoms with van der Waals surface area (Å²) < 4.78 is 4.17. The highest BCUT2D eigenvalue weighted by Crippen LogP contribution is 1.96. The lowest BCUT2D eigenvalue weighted by atomic mass is 10.5. The highest BCUT2D eigenvalue weighted by Gasteiger charge is 1.98. The van der Waals surface area contributed by atoms with E-state index in [2.05, 4.69) is 20.7 Å². The van der Waals surface area contributed by atoms with Gasteiger partial charge in [0.1, 0.15) is 6.61 Å². The molecule has 0 heterocycles. The van der Waals surface area contributed by atoms with Crippen molar-refractivity contribution in [1.82, 2.24) is 0 Å². The topological polar surface area (TPSA) is 46.5 Å². The quantitative estimate of drug-likeness (QED) is 0.520. The fraction of sp³-hybridized carbons (Fsp3) is 0.750. The summed E-state index contributed by atoms with van der Waals surface area (Å²) in [5, 5.41) is 7.92. The number of hydrogen-bond donors (Lipinski definition) is 1. The van der Waals surface area contributed by atoms with Gasteiger partial charge in [0.15, 0.2) is 0 Å². The third-order valence-electron chi connectivity index (χ3n) is 0.436. The maximum Gasteiger partial charge on any atom is 0.505 e. The van der Waals surface area contributed by atoms with Crippen molar-refractivity contribution >= 4 is 22.1 Å². The molecule has 1 atom stereocenters. The Kier molecular flexibility index (Phi) is 3.60. The molecule has 1 N–H and O–H groups in total. The van der Waals surface area contributed by atoms with Crippen LogP contribution < -0.4 is 0 Å². The first-order chi connectivity index (χ1) is 3.63. The standard InChI is InChI=1S/C4H7BrO3/c1-3(5)2-8-4(6)7/h3H,2H2,1H3,(H,6,7). The first-order valence-electron chi connectivity index (χ1n) is 2.12. The van der Waals surface area contributed by atoms with Crippen LogP contribution in [0.3, 0.4) is 0 Å². The Bertz CT molecular complexity index is 81.4. The van der Waals surface area contributed by atoms with Crippen LogP contribution in [-0.2, 0) is 4.74 Å². The van der Waals surface area contributed by atoms with Gasteiger partial charge in [-0.2, -0.15) is 0 Å². The van der Waals surface area contributed by atoms with Gasteiger partial charge >= 0.3 is 6.16 Å². The van der Waals surface area contributed by atoms with Crippen molar-refractivity contribution in [2.24, 2.45) is 0 Å². The Hall–Kier alpha value is -0.250. The first kappa shape index (κ1) is 7.75. The number of rotatable bonds is 2. The summed E-state index contributed by atoms with van der Waals surface area (Å²) in [6.07, 6.45) is -1.23. The molecule has 4 heteroatoms. The Morgan fingerprint density at radius 1 is 2.00 bits per heavy atom. The molecule has 0 aliphatic heterocycles. The van der Waals surface area contributed by atoms with Crippen molar-refractivity contribution in [2.75, 3.05) is 6.61 Å². The van der Waals surface area contributed by atoms with Gasteiger partial charge in [0.05, 0.1) is 0 Å². The van der Waals surface area contributed by atoms with Gasteiger partial charge in [-0.25, -0.2) is 4.79 Å². The zero-order valence-electron chi connectivity index (χ0n) is 4.43. The lowest BCUT2D eigenvalue weighted by Crippen LogP contribution is -2.08. The molecule has 0 aromatic heterocycles. The SMILES string of the molecule is CC(Br)COC(=O)O. The predicted octanol–water partition coefficient (Wildman–Crippen LogP) is 1.46. The first-order valence-corrected chi connectivity index (χ1v) is 3.04. The number of alkyl halides is 1. The molecule has 48 valence electrons. The van der Waals surface area contributed by atoms with Crippen molar-refractivity contribution in [3.05, 3.63) is 0 Å². The van der Waals surface area contributed by atoms with Gasteiger partial charge in [0.2, 0.25) is 0 Å². The minimum atomic E-state index is -1.23. The van der Waals surface area contributed by atoms with Crippen LogP contribution in [0.5, 0.6) is 0 Å². The molecule has 0 saturated carbocycles. The number of halogens is 1. The smallest absolute Gasteiger partial charge is 0.450 e. The van der Waals surface area contributed by atoms with Crippen molar-refractivity contribution in [2.45, 2.75) is 11.8 Å². The second-order valence-corrected chi connectivity index (χ2v) is 2.92. The van der Waals surface area contributed by atoms with E-state index in [1.54, 1.807) is 0 Å². The van der Waals surface area contributed by atoms with Gasteiger partial charge in [-0.15, -0.1) is 0 Å². The molecule has 3 nitrogen and oxygen atoms in total. The van der Waals surface area contributed by atoms with Crippen molar-refractivity contribution in [1.29, 1.82) is 0 Å². The van der Waals surface area contributed by atoms with Gasteiger partial charge < -0.3 is 9.84 Å². The second kappa shape index (κ2) is 3.72. The van der Waals surface area contributed by atoms with Crippen LogP contribution in [0.2, 0.25) is 0 Å². The van der Waals surface area contributed by atoms with Crippen LogP contribution in [0.4, 0.5) is 4.79 Å². The molecule has 0 aromatic carbocycles. The average molecular weight is 183 g/mol. The molecule has 0 amide bonds. The lowest BCUT2D eigenvalue weighted by Gasteiger charge is -1.99. The summed E-state index contributed by atoms with van der Waals surface area (Å²) >= 11 is 3.11. The van der Waals surface area contributed by atoms with Crippen LogP contribution in [-0.4, -0.2) is 22.7 Å². The summed E-state index contributed by atoms with van der Waals surface area (Å²) in [5.74, 6) is 0. The number of ether oxygens (including phenoxy) is 1. The van der Waals surface area contributed by atoms with E-state index in [-0.39, 0.29) is 11.4 Å². The van der Waals surface area contributed by atoms with Crippen LogP contribution in [0, 0.1) is 0 Å². The number of carbonyl (C=O) groups is 1. The molecule has 0 aliphatic rings. The largest absolute Gasteiger partial charge is 0.505 e. The molecule has 0 aromatic rings. The summed E-state index contributed by atoms with van der Waals surface area (Å²) in [4.78, 5) is 9.76. The molecule has 0 fully saturated rings. The van der Waals surface area contributed by atoms with Crippen molar-refractivity contribution < 1.29 is 14.6 Å². The van der Waals surface area contributed by atoms with E-state index in [4.69, 9.17) is 5.11 Å². The molecule has 0 bridgehead atoms. The van der Waals surface area contributed by atoms with E-state index in [0.717, 1.165) is 0 Å². The van der Waals surface area contributed by atoms with Crippen LogP contribution in [0.1, 0.15) is 6.92 Å². The van der Waals surface area contributed by atoms with Crippen LogP contribution in [0.25, 0.3) is 0 Å². The van der Waals surface area contributed by atoms with Crippen LogP contribution in [0.15, 0.2) is 0 Å². The summed E-state index contributed by atoms with van der Waals surface area (Å²) in [5.41, 5.74) is 0. The van der Waals surface area contributed by atoms with Gasteiger partial charge in [-0.3, -0.25) is 0 Å². The van der Waals surface area contributed by atoms with E-state index in [1.165, 1.54) is 0 Å². The molecule has 1 unspecified atom stereocenters. The number of hydrogen-bond acceptors (Lipinski definition) is 2. The third-order valence-corrected chi connectivity index (χ3v) is 0.701. The molecule has 0 spiro atoms. The number of carboxylic acid groups (broad SMARTS) is 1. The Morgan fingerprint density at radius 2 is 2.50 bits per heavy atom. The zero-order valence-corrected chi connectivity index (χ0v) is 6.01. The molecule has 0 radical (unpaired) electrons. The summed E-state index contributed by atoms with van der Waals surface area (Å²) in [7, 11) is 0. The summed E-state index contributed by atoms with van der Waals surface area (Å²) in [6.45, 7) is 2.01. The van der Waals surface area contributed by atoms with Crippen LogP contribution >= 0.6 is 15.9 Å². The van der Waals surface area contributed by atoms with E-state index >= 15 is 0 Å². The van der Waals surface area contributed by atoms with Gasteiger partial charge in [0.25, 0.3) is 0 Å². The van der Waals surface area contributed by atoms with Crippen molar-refractivity contribution in [3.63, 3.8) is 0 Å². The van der Waals surface area contributed by atoms with E-state index in [0.29, 0.717) is 0 Å². The maximum absolute atomic E-state index is 9.66. The molecule has 0 rings (SSSR count). The molecule has 0 aliphatic carbocycles. The average Bonchev–Trinajstić information content (AvgIpc) is 1.61. The predicted molar refractivity (Wildman–Crippen MR) is 32.4 cm³/mol. The Labute approximate surface area is 55.8 Å². The highest BCUT2D eigenvalue weighted by molar-refractivity contribution is 9.09. The highest BCUT2D eigenvalue weighted by atomic mass is 79.9. The van der Waals surface area contributed by atoms with E-state index in [9.17, 15) is 4.79 Å². The maximum atomic E-state index is 9.66. The lowest BCUT2D eigenvalue weighted by molar-refractivity contribution is 0.0933. The Morgan fingerprint density at radius 3 is 2.62 bits per heavy atom. The molecular formula is C4H7BrO3. The van der Waals surface area contributed by atoms with Gasteiger partial charge in [-0.05, 0) is 6.92 Å². The van der Waals surface area contributed by atoms with E-state index in [1.807, 2.05) is 6.92 Å². The molecular weight excluding hydrogens is 176 g/mol. The zero-order chi connectivity index (χ0) is 6.57. The van der Waals surface area contributed by atoms with Gasteiger partial charge in [0, 0.05) is 4.83 Å². The summed E-state index contributed by atoms with van der Waals surface area (Å²) in [6, 6.07) is 0. The normalized spacial score (nSPS) is 12.8. The minimum Gasteiger partial charge on any atom is -0.450 e. The molecule has 8 heavy (non-hydrogen) atoms. The molecule has 0 saturated heterocycles. The monoisotopic (exact) mass is 182 g/mol. The fourth-order valence-electron chi connectivity index (χ4n) is 0.186.